The van der Waals surface area contributed by atoms with Crippen molar-refractivity contribution in [1.29, 1.82) is 0 Å². The highest BCUT2D eigenvalue weighted by atomic mass is 35.5. The Kier molecular flexibility index (Phi) is 11.8. The number of hydrogen-bond acceptors (Lipinski definition) is 4. The summed E-state index contributed by atoms with van der Waals surface area (Å²) in [6.45, 7) is 3.51. The number of hydrogen-bond donors (Lipinski definition) is 2. The van der Waals surface area contributed by atoms with E-state index in [1.54, 1.807) is 13.8 Å². The number of alkyl halides is 1. The molecule has 0 fully saturated rings. The molecule has 0 aromatic carbocycles. The zero-order valence-corrected chi connectivity index (χ0v) is 9.36. The summed E-state index contributed by atoms with van der Waals surface area (Å²) < 4.78 is 8.28. The second-order valence-corrected chi connectivity index (χ2v) is 2.97. The molecule has 2 N–H and O–H groups in total. The predicted molar refractivity (Wildman–Crippen MR) is 53.6 cm³/mol. The Balaban J connectivity index is 0. The summed E-state index contributed by atoms with van der Waals surface area (Å²) in [5, 5.41) is 15.7. The van der Waals surface area contributed by atoms with E-state index in [4.69, 9.17) is 21.8 Å². The lowest BCUT2D eigenvalue weighted by atomic mass is 10.5. The number of halogens is 1. The minimum Gasteiger partial charge on any atom is -0.450 e. The molecule has 0 rings (SSSR count). The van der Waals surface area contributed by atoms with Gasteiger partial charge in [-0.25, -0.2) is 9.59 Å². The van der Waals surface area contributed by atoms with Crippen molar-refractivity contribution in [3.05, 3.63) is 0 Å². The van der Waals surface area contributed by atoms with Crippen molar-refractivity contribution in [1.82, 2.24) is 0 Å². The molecule has 7 heteroatoms. The Morgan fingerprint density at radius 1 is 1.27 bits per heavy atom. The van der Waals surface area contributed by atoms with Gasteiger partial charge in [-0.1, -0.05) is 0 Å². The van der Waals surface area contributed by atoms with Gasteiger partial charge in [0.05, 0.1) is 12.7 Å². The third kappa shape index (κ3) is 24.5. The quantitative estimate of drug-likeness (QED) is 0.447. The van der Waals surface area contributed by atoms with Gasteiger partial charge in [0.25, 0.3) is 0 Å². The van der Waals surface area contributed by atoms with E-state index >= 15 is 0 Å². The summed E-state index contributed by atoms with van der Waals surface area (Å²) in [5.41, 5.74) is 0. The predicted octanol–water partition coefficient (Wildman–Crippen LogP) is 2.40. The Morgan fingerprint density at radius 3 is 2.00 bits per heavy atom. The van der Waals surface area contributed by atoms with E-state index in [0.29, 0.717) is 12.3 Å². The van der Waals surface area contributed by atoms with Crippen LogP contribution in [0.25, 0.3) is 0 Å². The zero-order chi connectivity index (χ0) is 12.3. The minimum absolute atomic E-state index is 0.193. The van der Waals surface area contributed by atoms with Crippen LogP contribution in [0.3, 0.4) is 0 Å². The van der Waals surface area contributed by atoms with E-state index in [-0.39, 0.29) is 12.7 Å². The molecule has 0 heterocycles. The van der Waals surface area contributed by atoms with Gasteiger partial charge < -0.3 is 19.7 Å². The first-order valence-electron chi connectivity index (χ1n) is 4.21. The molecule has 6 nitrogen and oxygen atoms in total. The van der Waals surface area contributed by atoms with Crippen LogP contribution in [0.15, 0.2) is 0 Å². The Morgan fingerprint density at radius 2 is 1.80 bits per heavy atom. The fraction of sp³-hybridized carbons (Fsp3) is 0.750. The summed E-state index contributed by atoms with van der Waals surface area (Å²) in [6, 6.07) is 0. The topological polar surface area (TPSA) is 93.1 Å². The van der Waals surface area contributed by atoms with Gasteiger partial charge in [0, 0.05) is 5.88 Å². The van der Waals surface area contributed by atoms with Crippen molar-refractivity contribution in [2.75, 3.05) is 12.5 Å². The molecule has 0 unspecified atom stereocenters. The maximum atomic E-state index is 9.61. The molecule has 0 radical (unpaired) electrons. The van der Waals surface area contributed by atoms with Crippen LogP contribution in [0.1, 0.15) is 20.3 Å². The molecule has 0 atom stereocenters. The first kappa shape index (κ1) is 16.3. The van der Waals surface area contributed by atoms with Gasteiger partial charge in [-0.05, 0) is 20.3 Å². The summed E-state index contributed by atoms with van der Waals surface area (Å²) in [7, 11) is 0. The van der Waals surface area contributed by atoms with Crippen molar-refractivity contribution in [3.8, 4) is 0 Å². The van der Waals surface area contributed by atoms with Crippen LogP contribution in [-0.2, 0) is 9.47 Å². The maximum absolute atomic E-state index is 9.61. The van der Waals surface area contributed by atoms with Crippen molar-refractivity contribution >= 4 is 23.9 Å². The van der Waals surface area contributed by atoms with Gasteiger partial charge in [0.15, 0.2) is 0 Å². The standard InChI is InChI=1S/C4H7ClO3.C4H8O3/c5-2-1-3-8-4(6)7;1-3(2)7-4(5)6/h1-3H2,(H,6,7);3H,1-2H3,(H,5,6). The van der Waals surface area contributed by atoms with E-state index in [0.717, 1.165) is 0 Å². The van der Waals surface area contributed by atoms with E-state index in [1.807, 2.05) is 0 Å². The Bertz CT molecular complexity index is 182. The number of ether oxygens (including phenoxy) is 2. The van der Waals surface area contributed by atoms with E-state index in [2.05, 4.69) is 9.47 Å². The van der Waals surface area contributed by atoms with Gasteiger partial charge in [0.1, 0.15) is 0 Å². The lowest BCUT2D eigenvalue weighted by Gasteiger charge is -1.99. The molecule has 0 saturated heterocycles. The number of rotatable bonds is 4. The molecule has 0 aliphatic rings. The van der Waals surface area contributed by atoms with Gasteiger partial charge in [-0.3, -0.25) is 0 Å². The average Bonchev–Trinajstić information content (AvgIpc) is 2.02. The third-order valence-corrected chi connectivity index (χ3v) is 1.11. The average molecular weight is 243 g/mol. The van der Waals surface area contributed by atoms with E-state index in [9.17, 15) is 9.59 Å². The first-order valence-corrected chi connectivity index (χ1v) is 4.74. The molecule has 0 saturated carbocycles. The molecule has 0 amide bonds. The van der Waals surface area contributed by atoms with Crippen LogP contribution < -0.4 is 0 Å². The van der Waals surface area contributed by atoms with Crippen molar-refractivity contribution in [3.63, 3.8) is 0 Å². The molecule has 0 aromatic heterocycles. The molecular weight excluding hydrogens is 228 g/mol. The SMILES string of the molecule is CC(C)OC(=O)O.O=C(O)OCCCCl. The highest BCUT2D eigenvalue weighted by Gasteiger charge is 1.97. The fourth-order valence-corrected chi connectivity index (χ4v) is 0.525. The molecule has 0 aromatic rings. The van der Waals surface area contributed by atoms with Gasteiger partial charge in [-0.15, -0.1) is 11.6 Å². The van der Waals surface area contributed by atoms with Gasteiger partial charge in [0.2, 0.25) is 0 Å². The lowest BCUT2D eigenvalue weighted by molar-refractivity contribution is 0.0659. The number of carboxylic acid groups (broad SMARTS) is 2. The van der Waals surface area contributed by atoms with Crippen LogP contribution >= 0.6 is 11.6 Å². The van der Waals surface area contributed by atoms with Gasteiger partial charge >= 0.3 is 12.3 Å². The highest BCUT2D eigenvalue weighted by molar-refractivity contribution is 6.17. The first-order chi connectivity index (χ1) is 6.90. The van der Waals surface area contributed by atoms with Crippen LogP contribution in [-0.4, -0.2) is 41.1 Å². The zero-order valence-electron chi connectivity index (χ0n) is 8.60. The summed E-state index contributed by atoms with van der Waals surface area (Å²) in [5.74, 6) is 0.438. The molecular formula is C8H15ClO6. The van der Waals surface area contributed by atoms with Crippen LogP contribution in [0.2, 0.25) is 0 Å². The van der Waals surface area contributed by atoms with E-state index in [1.165, 1.54) is 0 Å². The third-order valence-electron chi connectivity index (χ3n) is 0.840. The fourth-order valence-electron chi connectivity index (χ4n) is 0.416. The Labute approximate surface area is 92.7 Å². The van der Waals surface area contributed by atoms with Crippen LogP contribution in [0.5, 0.6) is 0 Å². The van der Waals surface area contributed by atoms with E-state index < -0.39 is 12.3 Å². The monoisotopic (exact) mass is 242 g/mol. The Hall–Kier alpha value is -1.17. The summed E-state index contributed by atoms with van der Waals surface area (Å²) in [6.07, 6.45) is -2.10. The molecule has 0 aliphatic heterocycles. The smallest absolute Gasteiger partial charge is 0.450 e. The normalized spacial score (nSPS) is 8.80. The highest BCUT2D eigenvalue weighted by Crippen LogP contribution is 1.86. The van der Waals surface area contributed by atoms with Crippen molar-refractivity contribution in [2.45, 2.75) is 26.4 Å². The van der Waals surface area contributed by atoms with Crippen LogP contribution in [0, 0.1) is 0 Å². The second-order valence-electron chi connectivity index (χ2n) is 2.59. The van der Waals surface area contributed by atoms with Gasteiger partial charge in [-0.2, -0.15) is 0 Å². The molecule has 0 aliphatic carbocycles. The minimum atomic E-state index is -1.24. The molecule has 15 heavy (non-hydrogen) atoms. The number of carbonyl (C=O) groups is 2. The molecule has 90 valence electrons. The van der Waals surface area contributed by atoms with Crippen LogP contribution in [0.4, 0.5) is 9.59 Å². The maximum Gasteiger partial charge on any atom is 0.506 e. The lowest BCUT2D eigenvalue weighted by Crippen LogP contribution is -2.07. The summed E-state index contributed by atoms with van der Waals surface area (Å²) >= 11 is 5.21. The second kappa shape index (κ2) is 10.9. The van der Waals surface area contributed by atoms with Crippen molar-refractivity contribution in [2.24, 2.45) is 0 Å². The molecule has 0 bridgehead atoms. The largest absolute Gasteiger partial charge is 0.506 e. The van der Waals surface area contributed by atoms with Crippen molar-refractivity contribution < 1.29 is 29.3 Å². The summed E-state index contributed by atoms with van der Waals surface area (Å²) in [4.78, 5) is 19.2. The molecule has 0 spiro atoms.